The number of hydrogen-bond acceptors (Lipinski definition) is 3. The third kappa shape index (κ3) is 2.33. The summed E-state index contributed by atoms with van der Waals surface area (Å²) in [7, 11) is 0. The summed E-state index contributed by atoms with van der Waals surface area (Å²) < 4.78 is 5.61. The Hall–Kier alpha value is 0.170. The van der Waals surface area contributed by atoms with Crippen molar-refractivity contribution in [2.24, 2.45) is 5.92 Å². The van der Waals surface area contributed by atoms with Crippen LogP contribution in [0.15, 0.2) is 0 Å². The highest BCUT2D eigenvalue weighted by atomic mass is 35.5. The van der Waals surface area contributed by atoms with E-state index in [2.05, 4.69) is 10.6 Å². The maximum absolute atomic E-state index is 5.61. The molecule has 0 bridgehead atoms. The van der Waals surface area contributed by atoms with E-state index in [1.165, 1.54) is 6.42 Å². The Labute approximate surface area is 79.6 Å². The van der Waals surface area contributed by atoms with E-state index in [0.29, 0.717) is 12.1 Å². The van der Waals surface area contributed by atoms with Crippen LogP contribution in [-0.2, 0) is 4.74 Å². The van der Waals surface area contributed by atoms with E-state index in [1.54, 1.807) is 0 Å². The SMILES string of the molecule is C1CNC(C2CCNC2)OC1.Cl. The molecule has 2 saturated heterocycles. The van der Waals surface area contributed by atoms with Crippen molar-refractivity contribution in [3.8, 4) is 0 Å². The lowest BCUT2D eigenvalue weighted by molar-refractivity contribution is -0.0307. The van der Waals surface area contributed by atoms with Gasteiger partial charge in [0.25, 0.3) is 0 Å². The highest BCUT2D eigenvalue weighted by Crippen LogP contribution is 2.15. The van der Waals surface area contributed by atoms with Gasteiger partial charge in [-0.1, -0.05) is 0 Å². The van der Waals surface area contributed by atoms with E-state index >= 15 is 0 Å². The predicted octanol–water partition coefficient (Wildman–Crippen LogP) is 0.354. The number of hydrogen-bond donors (Lipinski definition) is 2. The normalized spacial score (nSPS) is 36.0. The molecule has 0 amide bonds. The van der Waals surface area contributed by atoms with Gasteiger partial charge >= 0.3 is 0 Å². The lowest BCUT2D eigenvalue weighted by Crippen LogP contribution is -2.44. The third-order valence-corrected chi connectivity index (χ3v) is 2.49. The molecule has 0 aromatic carbocycles. The molecule has 2 rings (SSSR count). The first-order chi connectivity index (χ1) is 5.47. The maximum atomic E-state index is 5.61. The van der Waals surface area contributed by atoms with E-state index < -0.39 is 0 Å². The second-order valence-corrected chi connectivity index (χ2v) is 3.35. The number of nitrogens with one attached hydrogen (secondary N) is 2. The van der Waals surface area contributed by atoms with Crippen LogP contribution >= 0.6 is 12.4 Å². The second-order valence-electron chi connectivity index (χ2n) is 3.35. The largest absolute Gasteiger partial charge is 0.363 e. The Morgan fingerprint density at radius 2 is 2.17 bits per heavy atom. The number of ether oxygens (including phenoxy) is 1. The molecule has 72 valence electrons. The van der Waals surface area contributed by atoms with Crippen molar-refractivity contribution in [2.45, 2.75) is 19.1 Å². The monoisotopic (exact) mass is 192 g/mol. The summed E-state index contributed by atoms with van der Waals surface area (Å²) in [4.78, 5) is 0. The zero-order valence-electron chi connectivity index (χ0n) is 7.21. The molecular formula is C8H17ClN2O. The molecule has 12 heavy (non-hydrogen) atoms. The van der Waals surface area contributed by atoms with Gasteiger partial charge in [0, 0.05) is 19.1 Å². The average Bonchev–Trinajstić information content (AvgIpc) is 2.58. The van der Waals surface area contributed by atoms with Crippen molar-refractivity contribution < 1.29 is 4.74 Å². The molecule has 0 aliphatic carbocycles. The molecule has 2 heterocycles. The molecule has 2 fully saturated rings. The van der Waals surface area contributed by atoms with E-state index in [1.807, 2.05) is 0 Å². The van der Waals surface area contributed by atoms with Crippen LogP contribution in [0.25, 0.3) is 0 Å². The first-order valence-corrected chi connectivity index (χ1v) is 4.52. The Kier molecular flexibility index (Phi) is 4.29. The maximum Gasteiger partial charge on any atom is 0.112 e. The fourth-order valence-corrected chi connectivity index (χ4v) is 1.82. The van der Waals surface area contributed by atoms with Crippen molar-refractivity contribution in [2.75, 3.05) is 26.2 Å². The molecule has 2 atom stereocenters. The summed E-state index contributed by atoms with van der Waals surface area (Å²) in [6.07, 6.45) is 2.76. The van der Waals surface area contributed by atoms with Crippen LogP contribution in [0.2, 0.25) is 0 Å². The van der Waals surface area contributed by atoms with Crippen LogP contribution in [-0.4, -0.2) is 32.5 Å². The third-order valence-electron chi connectivity index (χ3n) is 2.49. The summed E-state index contributed by atoms with van der Waals surface area (Å²) >= 11 is 0. The fourth-order valence-electron chi connectivity index (χ4n) is 1.82. The van der Waals surface area contributed by atoms with E-state index in [0.717, 1.165) is 32.7 Å². The first-order valence-electron chi connectivity index (χ1n) is 4.52. The van der Waals surface area contributed by atoms with Crippen molar-refractivity contribution >= 4 is 12.4 Å². The molecule has 0 radical (unpaired) electrons. The summed E-state index contributed by atoms with van der Waals surface area (Å²) in [6.45, 7) is 4.35. The standard InChI is InChI=1S/C8H16N2O.ClH/c1-3-10-8(11-5-1)7-2-4-9-6-7;/h7-10H,1-6H2;1H. The quantitative estimate of drug-likeness (QED) is 0.630. The highest BCUT2D eigenvalue weighted by molar-refractivity contribution is 5.85. The highest BCUT2D eigenvalue weighted by Gasteiger charge is 2.26. The molecule has 0 spiro atoms. The van der Waals surface area contributed by atoms with Gasteiger partial charge in [0.15, 0.2) is 0 Å². The fraction of sp³-hybridized carbons (Fsp3) is 1.00. The van der Waals surface area contributed by atoms with Gasteiger partial charge in [0.05, 0.1) is 0 Å². The molecule has 0 aromatic heterocycles. The minimum Gasteiger partial charge on any atom is -0.363 e. The average molecular weight is 193 g/mol. The van der Waals surface area contributed by atoms with Crippen LogP contribution in [0, 0.1) is 5.92 Å². The Bertz CT molecular complexity index is 122. The van der Waals surface area contributed by atoms with E-state index in [9.17, 15) is 0 Å². The van der Waals surface area contributed by atoms with E-state index in [-0.39, 0.29) is 12.4 Å². The van der Waals surface area contributed by atoms with Gasteiger partial charge in [-0.25, -0.2) is 0 Å². The Morgan fingerprint density at radius 1 is 1.25 bits per heavy atom. The minimum atomic E-state index is 0. The molecule has 3 nitrogen and oxygen atoms in total. The molecule has 0 saturated carbocycles. The van der Waals surface area contributed by atoms with Gasteiger partial charge in [-0.2, -0.15) is 0 Å². The summed E-state index contributed by atoms with van der Waals surface area (Å²) in [6, 6.07) is 0. The molecule has 2 aliphatic rings. The second kappa shape index (κ2) is 5.02. The zero-order valence-corrected chi connectivity index (χ0v) is 8.03. The number of halogens is 1. The van der Waals surface area contributed by atoms with Crippen molar-refractivity contribution in [1.82, 2.24) is 10.6 Å². The van der Waals surface area contributed by atoms with Crippen molar-refractivity contribution in [3.05, 3.63) is 0 Å². The molecule has 4 heteroatoms. The van der Waals surface area contributed by atoms with Crippen molar-refractivity contribution in [3.63, 3.8) is 0 Å². The minimum absolute atomic E-state index is 0. The molecular weight excluding hydrogens is 176 g/mol. The predicted molar refractivity (Wildman–Crippen MR) is 50.6 cm³/mol. The van der Waals surface area contributed by atoms with Gasteiger partial charge in [-0.3, -0.25) is 5.32 Å². The van der Waals surface area contributed by atoms with Crippen LogP contribution in [0.1, 0.15) is 12.8 Å². The van der Waals surface area contributed by atoms with Gasteiger partial charge in [0.1, 0.15) is 6.23 Å². The van der Waals surface area contributed by atoms with Gasteiger partial charge in [-0.05, 0) is 25.9 Å². The lowest BCUT2D eigenvalue weighted by atomic mass is 10.1. The van der Waals surface area contributed by atoms with E-state index in [4.69, 9.17) is 4.74 Å². The Morgan fingerprint density at radius 3 is 2.75 bits per heavy atom. The first kappa shape index (κ1) is 10.3. The van der Waals surface area contributed by atoms with Gasteiger partial charge in [-0.15, -0.1) is 12.4 Å². The lowest BCUT2D eigenvalue weighted by Gasteiger charge is -2.28. The van der Waals surface area contributed by atoms with Crippen molar-refractivity contribution in [1.29, 1.82) is 0 Å². The Balaban J connectivity index is 0.000000720. The summed E-state index contributed by atoms with van der Waals surface area (Å²) in [5.41, 5.74) is 0. The zero-order chi connectivity index (χ0) is 7.52. The summed E-state index contributed by atoms with van der Waals surface area (Å²) in [5, 5.41) is 6.75. The topological polar surface area (TPSA) is 33.3 Å². The molecule has 2 unspecified atom stereocenters. The molecule has 0 aromatic rings. The molecule has 2 N–H and O–H groups in total. The van der Waals surface area contributed by atoms with Crippen LogP contribution in [0.5, 0.6) is 0 Å². The van der Waals surface area contributed by atoms with Gasteiger partial charge < -0.3 is 10.1 Å². The number of rotatable bonds is 1. The van der Waals surface area contributed by atoms with Gasteiger partial charge in [0.2, 0.25) is 0 Å². The summed E-state index contributed by atoms with van der Waals surface area (Å²) in [5.74, 6) is 0.704. The van der Waals surface area contributed by atoms with Crippen LogP contribution < -0.4 is 10.6 Å². The van der Waals surface area contributed by atoms with Crippen LogP contribution in [0.3, 0.4) is 0 Å². The van der Waals surface area contributed by atoms with Crippen LogP contribution in [0.4, 0.5) is 0 Å². The smallest absolute Gasteiger partial charge is 0.112 e. The molecule has 2 aliphatic heterocycles.